The van der Waals surface area contributed by atoms with Crippen molar-refractivity contribution in [3.8, 4) is 11.5 Å². The van der Waals surface area contributed by atoms with Crippen molar-refractivity contribution >= 4 is 16.8 Å². The molecule has 4 rings (SSSR count). The van der Waals surface area contributed by atoms with E-state index in [4.69, 9.17) is 20.3 Å². The lowest BCUT2D eigenvalue weighted by Gasteiger charge is -2.17. The fraction of sp³-hybridized carbons (Fsp3) is 0.464. The smallest absolute Gasteiger partial charge is 0.250 e. The largest absolute Gasteiger partial charge is 0.489 e. The Balaban J connectivity index is 1.32. The Bertz CT molecular complexity index is 1150. The quantitative estimate of drug-likeness (QED) is 0.305. The molecule has 7 heteroatoms. The van der Waals surface area contributed by atoms with E-state index in [-0.39, 0.29) is 12.6 Å². The molecule has 1 aromatic heterocycles. The van der Waals surface area contributed by atoms with Gasteiger partial charge in [-0.15, -0.1) is 0 Å². The predicted molar refractivity (Wildman–Crippen MR) is 138 cm³/mol. The number of carbonyl (C=O) groups is 1. The van der Waals surface area contributed by atoms with E-state index in [0.717, 1.165) is 46.6 Å². The van der Waals surface area contributed by atoms with Crippen molar-refractivity contribution in [2.24, 2.45) is 11.7 Å². The van der Waals surface area contributed by atoms with E-state index in [2.05, 4.69) is 25.2 Å². The number of amides is 1. The molecule has 0 spiro atoms. The van der Waals surface area contributed by atoms with Crippen LogP contribution in [0.15, 0.2) is 42.6 Å². The fourth-order valence-electron chi connectivity index (χ4n) is 4.38. The molecule has 0 bridgehead atoms. The first-order chi connectivity index (χ1) is 16.9. The van der Waals surface area contributed by atoms with Gasteiger partial charge in [0.05, 0.1) is 17.7 Å². The number of primary amides is 1. The maximum Gasteiger partial charge on any atom is 0.250 e. The molecule has 2 aromatic carbocycles. The summed E-state index contributed by atoms with van der Waals surface area (Å²) in [4.78, 5) is 12.2. The average Bonchev–Trinajstić information content (AvgIpc) is 3.58. The molecule has 4 N–H and O–H groups in total. The molecule has 0 unspecified atom stereocenters. The Labute approximate surface area is 207 Å². The number of hydrogen-bond donors (Lipinski definition) is 3. The highest BCUT2D eigenvalue weighted by atomic mass is 16.5. The standard InChI is InChI=1S/C28H37N3O4/c1-19-4-7-25(26(14-19)35-18-21-5-6-21)34-13-9-30-20(2)15-22-16-23-8-11-31(10-3-12-32)27(23)24(17-22)28(29)33/h4,7-8,11,14,16-17,20-21,30,32H,3,5-6,9-10,12-13,15,18H2,1-2H3,(H2,29,33)/t20-/m1/s1. The molecule has 35 heavy (non-hydrogen) atoms. The Morgan fingerprint density at radius 3 is 2.77 bits per heavy atom. The van der Waals surface area contributed by atoms with Gasteiger partial charge in [0.15, 0.2) is 11.5 Å². The molecular weight excluding hydrogens is 442 g/mol. The van der Waals surface area contributed by atoms with Crippen LogP contribution in [0.2, 0.25) is 0 Å². The van der Waals surface area contributed by atoms with Gasteiger partial charge in [-0.1, -0.05) is 6.07 Å². The summed E-state index contributed by atoms with van der Waals surface area (Å²) in [6.45, 7) is 6.92. The van der Waals surface area contributed by atoms with Crippen molar-refractivity contribution in [2.75, 3.05) is 26.4 Å². The van der Waals surface area contributed by atoms with Gasteiger partial charge in [-0.05, 0) is 86.9 Å². The first-order valence-electron chi connectivity index (χ1n) is 12.6. The zero-order valence-corrected chi connectivity index (χ0v) is 20.8. The van der Waals surface area contributed by atoms with Crippen molar-refractivity contribution in [1.82, 2.24) is 9.88 Å². The van der Waals surface area contributed by atoms with E-state index in [1.54, 1.807) is 0 Å². The van der Waals surface area contributed by atoms with E-state index in [9.17, 15) is 4.79 Å². The van der Waals surface area contributed by atoms with Crippen LogP contribution >= 0.6 is 0 Å². The third-order valence-corrected chi connectivity index (χ3v) is 6.41. The normalized spacial score (nSPS) is 14.3. The second kappa shape index (κ2) is 11.6. The molecule has 1 aliphatic rings. The maximum atomic E-state index is 12.2. The van der Waals surface area contributed by atoms with Gasteiger partial charge < -0.3 is 30.2 Å². The van der Waals surface area contributed by atoms with Crippen LogP contribution in [0, 0.1) is 12.8 Å². The van der Waals surface area contributed by atoms with E-state index < -0.39 is 5.91 Å². The summed E-state index contributed by atoms with van der Waals surface area (Å²) < 4.78 is 14.0. The lowest BCUT2D eigenvalue weighted by Crippen LogP contribution is -2.32. The molecule has 1 atom stereocenters. The van der Waals surface area contributed by atoms with Gasteiger partial charge in [0.2, 0.25) is 0 Å². The van der Waals surface area contributed by atoms with E-state index in [1.807, 2.05) is 41.1 Å². The average molecular weight is 480 g/mol. The van der Waals surface area contributed by atoms with Crippen molar-refractivity contribution < 1.29 is 19.4 Å². The number of nitrogens with two attached hydrogens (primary N) is 1. The van der Waals surface area contributed by atoms with E-state index >= 15 is 0 Å². The monoisotopic (exact) mass is 479 g/mol. The molecule has 1 heterocycles. The number of aliphatic hydroxyl groups excluding tert-OH is 1. The van der Waals surface area contributed by atoms with Gasteiger partial charge >= 0.3 is 0 Å². The zero-order valence-electron chi connectivity index (χ0n) is 20.8. The fourth-order valence-corrected chi connectivity index (χ4v) is 4.38. The van der Waals surface area contributed by atoms with Gasteiger partial charge in [-0.25, -0.2) is 0 Å². The summed E-state index contributed by atoms with van der Waals surface area (Å²) in [6, 6.07) is 12.3. The van der Waals surface area contributed by atoms with Crippen molar-refractivity contribution in [2.45, 2.75) is 52.1 Å². The number of aliphatic hydroxyl groups is 1. The minimum Gasteiger partial charge on any atom is -0.489 e. The number of carbonyl (C=O) groups excluding carboxylic acids is 1. The van der Waals surface area contributed by atoms with Crippen LogP contribution in [0.1, 0.15) is 47.7 Å². The number of benzene rings is 2. The van der Waals surface area contributed by atoms with Crippen LogP contribution in [-0.4, -0.2) is 48.0 Å². The van der Waals surface area contributed by atoms with Gasteiger partial charge in [0.25, 0.3) is 5.91 Å². The SMILES string of the molecule is Cc1ccc(OCCN[C@H](C)Cc2cc(C(N)=O)c3c(ccn3CCCO)c2)c(OCC2CC2)c1. The molecule has 0 saturated heterocycles. The number of fused-ring (bicyclic) bond motifs is 1. The number of rotatable bonds is 14. The van der Waals surface area contributed by atoms with Gasteiger partial charge in [-0.2, -0.15) is 0 Å². The first-order valence-corrected chi connectivity index (χ1v) is 12.6. The van der Waals surface area contributed by atoms with Crippen LogP contribution in [0.5, 0.6) is 11.5 Å². The van der Waals surface area contributed by atoms with Crippen LogP contribution in [0.25, 0.3) is 10.9 Å². The summed E-state index contributed by atoms with van der Waals surface area (Å²) in [7, 11) is 0. The molecule has 3 aromatic rings. The number of nitrogens with one attached hydrogen (secondary N) is 1. The minimum absolute atomic E-state index is 0.106. The first kappa shape index (κ1) is 25.1. The summed E-state index contributed by atoms with van der Waals surface area (Å²) in [6.07, 6.45) is 5.85. The van der Waals surface area contributed by atoms with E-state index in [1.165, 1.54) is 12.8 Å². The van der Waals surface area contributed by atoms with Crippen molar-refractivity contribution in [3.05, 3.63) is 59.3 Å². The van der Waals surface area contributed by atoms with Crippen LogP contribution in [0.3, 0.4) is 0 Å². The summed E-state index contributed by atoms with van der Waals surface area (Å²) >= 11 is 0. The number of hydrogen-bond acceptors (Lipinski definition) is 5. The maximum absolute atomic E-state index is 12.2. The molecule has 1 amide bonds. The lowest BCUT2D eigenvalue weighted by molar-refractivity contribution is 0.100. The number of nitrogens with zero attached hydrogens (tertiary/aromatic N) is 1. The number of aromatic nitrogens is 1. The highest BCUT2D eigenvalue weighted by molar-refractivity contribution is 6.05. The van der Waals surface area contributed by atoms with Crippen LogP contribution < -0.4 is 20.5 Å². The second-order valence-electron chi connectivity index (χ2n) is 9.64. The van der Waals surface area contributed by atoms with Gasteiger partial charge in [-0.3, -0.25) is 4.79 Å². The molecule has 7 nitrogen and oxygen atoms in total. The third-order valence-electron chi connectivity index (χ3n) is 6.41. The number of aryl methyl sites for hydroxylation is 2. The van der Waals surface area contributed by atoms with Crippen LogP contribution in [-0.2, 0) is 13.0 Å². The van der Waals surface area contributed by atoms with Crippen molar-refractivity contribution in [3.63, 3.8) is 0 Å². The van der Waals surface area contributed by atoms with Gasteiger partial charge in [0.1, 0.15) is 6.61 Å². The Kier molecular flexibility index (Phi) is 8.31. The third kappa shape index (κ3) is 6.77. The lowest BCUT2D eigenvalue weighted by atomic mass is 10.0. The highest BCUT2D eigenvalue weighted by Crippen LogP contribution is 2.33. The molecule has 188 valence electrons. The molecular formula is C28H37N3O4. The topological polar surface area (TPSA) is 98.7 Å². The molecule has 1 fully saturated rings. The zero-order chi connectivity index (χ0) is 24.8. The number of ether oxygens (including phenoxy) is 2. The second-order valence-corrected chi connectivity index (χ2v) is 9.64. The van der Waals surface area contributed by atoms with Gasteiger partial charge in [0, 0.05) is 37.3 Å². The van der Waals surface area contributed by atoms with Crippen LogP contribution in [0.4, 0.5) is 0 Å². The van der Waals surface area contributed by atoms with Crippen molar-refractivity contribution in [1.29, 1.82) is 0 Å². The highest BCUT2D eigenvalue weighted by Gasteiger charge is 2.22. The summed E-state index contributed by atoms with van der Waals surface area (Å²) in [5, 5.41) is 13.7. The Morgan fingerprint density at radius 2 is 2.03 bits per heavy atom. The molecule has 0 aliphatic heterocycles. The molecule has 1 saturated carbocycles. The van der Waals surface area contributed by atoms with E-state index in [0.29, 0.717) is 37.6 Å². The summed E-state index contributed by atoms with van der Waals surface area (Å²) in [5.41, 5.74) is 9.28. The Hall–Kier alpha value is -3.03. The predicted octanol–water partition coefficient (Wildman–Crippen LogP) is 3.82. The molecule has 1 aliphatic carbocycles. The minimum atomic E-state index is -0.437. The molecule has 0 radical (unpaired) electrons. The Morgan fingerprint density at radius 1 is 1.20 bits per heavy atom. The summed E-state index contributed by atoms with van der Waals surface area (Å²) in [5.74, 6) is 1.86.